The minimum atomic E-state index is 0.494. The molecular weight excluding hydrogens is 350 g/mol. The third-order valence-corrected chi connectivity index (χ3v) is 10.8. The van der Waals surface area contributed by atoms with Crippen LogP contribution in [0.25, 0.3) is 10.9 Å². The van der Waals surface area contributed by atoms with Crippen molar-refractivity contribution in [1.29, 1.82) is 0 Å². The van der Waals surface area contributed by atoms with E-state index in [1.165, 1.54) is 68.7 Å². The molecule has 1 heteroatoms. The van der Waals surface area contributed by atoms with Crippen molar-refractivity contribution >= 4 is 10.9 Å². The van der Waals surface area contributed by atoms with E-state index in [1.54, 1.807) is 0 Å². The normalized spacial score (nSPS) is 46.9. The first kappa shape index (κ1) is 18.5. The molecule has 4 aliphatic rings. The fourth-order valence-corrected chi connectivity index (χ4v) is 9.28. The van der Waals surface area contributed by atoms with Gasteiger partial charge in [0.15, 0.2) is 0 Å². The van der Waals surface area contributed by atoms with Gasteiger partial charge < -0.3 is 4.57 Å². The predicted octanol–water partition coefficient (Wildman–Crippen LogP) is 7.86. The number of benzene rings is 1. The van der Waals surface area contributed by atoms with Crippen LogP contribution in [0, 0.1) is 40.4 Å². The second-order valence-electron chi connectivity index (χ2n) is 12.0. The van der Waals surface area contributed by atoms with Gasteiger partial charge in [0.1, 0.15) is 0 Å². The van der Waals surface area contributed by atoms with Gasteiger partial charge in [-0.15, -0.1) is 0 Å². The quantitative estimate of drug-likeness (QED) is 0.468. The van der Waals surface area contributed by atoms with Gasteiger partial charge in [-0.1, -0.05) is 45.4 Å². The number of aromatic nitrogens is 1. The molecule has 0 radical (unpaired) electrons. The molecule has 5 unspecified atom stereocenters. The Morgan fingerprint density at radius 1 is 0.828 bits per heavy atom. The Morgan fingerprint density at radius 3 is 2.52 bits per heavy atom. The van der Waals surface area contributed by atoms with Gasteiger partial charge >= 0.3 is 0 Å². The van der Waals surface area contributed by atoms with Crippen molar-refractivity contribution in [3.05, 3.63) is 36.5 Å². The van der Waals surface area contributed by atoms with Crippen LogP contribution in [0.1, 0.15) is 84.6 Å². The van der Waals surface area contributed by atoms with Crippen molar-refractivity contribution in [3.63, 3.8) is 0 Å². The smallest absolute Gasteiger partial charge is 0.0483 e. The van der Waals surface area contributed by atoms with Gasteiger partial charge in [-0.05, 0) is 109 Å². The Hall–Kier alpha value is -1.24. The summed E-state index contributed by atoms with van der Waals surface area (Å²) in [5.41, 5.74) is 2.60. The van der Waals surface area contributed by atoms with Crippen molar-refractivity contribution in [1.82, 2.24) is 4.57 Å². The number of fused-ring (bicyclic) bond motifs is 6. The Labute approximate surface area is 177 Å². The molecule has 0 bridgehead atoms. The summed E-state index contributed by atoms with van der Waals surface area (Å²) in [6.07, 6.45) is 15.7. The second-order valence-corrected chi connectivity index (χ2v) is 12.0. The summed E-state index contributed by atoms with van der Waals surface area (Å²) < 4.78 is 2.67. The Balaban J connectivity index is 1.33. The number of hydrogen-bond donors (Lipinski definition) is 0. The molecule has 8 atom stereocenters. The predicted molar refractivity (Wildman–Crippen MR) is 122 cm³/mol. The largest absolute Gasteiger partial charge is 0.344 e. The minimum Gasteiger partial charge on any atom is -0.344 e. The highest BCUT2D eigenvalue weighted by atomic mass is 15.0. The van der Waals surface area contributed by atoms with E-state index >= 15 is 0 Å². The monoisotopic (exact) mass is 389 g/mol. The Kier molecular flexibility index (Phi) is 4.07. The van der Waals surface area contributed by atoms with Gasteiger partial charge in [0.2, 0.25) is 0 Å². The van der Waals surface area contributed by atoms with E-state index in [0.717, 1.165) is 29.6 Å². The fraction of sp³-hybridized carbons (Fsp3) is 0.714. The summed E-state index contributed by atoms with van der Waals surface area (Å²) >= 11 is 0. The van der Waals surface area contributed by atoms with Gasteiger partial charge in [-0.3, -0.25) is 0 Å². The van der Waals surface area contributed by atoms with E-state index in [-0.39, 0.29) is 0 Å². The molecule has 0 spiro atoms. The molecule has 6 rings (SSSR count). The topological polar surface area (TPSA) is 4.93 Å². The summed E-state index contributed by atoms with van der Waals surface area (Å²) in [5.74, 6) is 4.94. The van der Waals surface area contributed by atoms with Crippen LogP contribution in [0.5, 0.6) is 0 Å². The van der Waals surface area contributed by atoms with E-state index in [9.17, 15) is 0 Å². The lowest BCUT2D eigenvalue weighted by Gasteiger charge is -2.61. The minimum absolute atomic E-state index is 0.494. The van der Waals surface area contributed by atoms with Crippen molar-refractivity contribution in [2.45, 2.75) is 84.6 Å². The first-order chi connectivity index (χ1) is 14.0. The lowest BCUT2D eigenvalue weighted by atomic mass is 9.44. The summed E-state index contributed by atoms with van der Waals surface area (Å²) in [6, 6.07) is 12.1. The van der Waals surface area contributed by atoms with Gasteiger partial charge in [0.05, 0.1) is 0 Å². The zero-order valence-electron chi connectivity index (χ0n) is 18.7. The van der Waals surface area contributed by atoms with Crippen LogP contribution in [0.2, 0.25) is 0 Å². The van der Waals surface area contributed by atoms with Gasteiger partial charge in [0, 0.05) is 17.8 Å². The first-order valence-corrected chi connectivity index (χ1v) is 12.6. The first-order valence-electron chi connectivity index (χ1n) is 12.6. The SMILES string of the molecule is C[C@H]1CC[C@@]2(C)C(CCC3C2CC[C@@]2(C)C3CCC2n2ccc3ccccc32)C1. The average Bonchev–Trinajstić information content (AvgIpc) is 3.29. The van der Waals surface area contributed by atoms with Crippen LogP contribution in [-0.4, -0.2) is 4.57 Å². The third kappa shape index (κ3) is 2.52. The molecule has 0 N–H and O–H groups in total. The highest BCUT2D eigenvalue weighted by Crippen LogP contribution is 2.68. The van der Waals surface area contributed by atoms with E-state index < -0.39 is 0 Å². The zero-order chi connectivity index (χ0) is 19.8. The summed E-state index contributed by atoms with van der Waals surface area (Å²) in [7, 11) is 0. The van der Waals surface area contributed by atoms with Crippen LogP contribution in [0.3, 0.4) is 0 Å². The maximum Gasteiger partial charge on any atom is 0.0483 e. The number of para-hydroxylation sites is 1. The highest BCUT2D eigenvalue weighted by molar-refractivity contribution is 5.80. The number of hydrogen-bond acceptors (Lipinski definition) is 0. The molecular formula is C28H39N. The van der Waals surface area contributed by atoms with Crippen molar-refractivity contribution in [3.8, 4) is 0 Å². The summed E-state index contributed by atoms with van der Waals surface area (Å²) in [6.45, 7) is 7.90. The molecule has 1 aromatic heterocycles. The Bertz CT molecular complexity index is 910. The molecule has 0 saturated heterocycles. The van der Waals surface area contributed by atoms with E-state index in [1.807, 2.05) is 0 Å². The lowest BCUT2D eigenvalue weighted by Crippen LogP contribution is -2.53. The van der Waals surface area contributed by atoms with Crippen LogP contribution in [-0.2, 0) is 0 Å². The van der Waals surface area contributed by atoms with Crippen molar-refractivity contribution in [2.75, 3.05) is 0 Å². The van der Waals surface area contributed by atoms with Gasteiger partial charge in [-0.25, -0.2) is 0 Å². The lowest BCUT2D eigenvalue weighted by molar-refractivity contribution is -0.115. The second kappa shape index (κ2) is 6.38. The van der Waals surface area contributed by atoms with Crippen LogP contribution < -0.4 is 0 Å². The number of nitrogens with zero attached hydrogens (tertiary/aromatic N) is 1. The van der Waals surface area contributed by atoms with Gasteiger partial charge in [-0.2, -0.15) is 0 Å². The van der Waals surface area contributed by atoms with E-state index in [4.69, 9.17) is 0 Å². The summed E-state index contributed by atoms with van der Waals surface area (Å²) in [5, 5.41) is 1.41. The standard InChI is InChI=1S/C28H39N/c1-19-12-15-27(2)21(18-19)8-9-22-23-10-11-26(28(23,3)16-13-24(22)27)29-17-14-20-6-4-5-7-25(20)29/h4-7,14,17,19,21-24,26H,8-13,15-16,18H2,1-3H3/t19-,21?,22?,23?,24?,26?,27-,28-/m0/s1. The molecule has 2 aromatic rings. The summed E-state index contributed by atoms with van der Waals surface area (Å²) in [4.78, 5) is 0. The molecule has 4 fully saturated rings. The van der Waals surface area contributed by atoms with Crippen molar-refractivity contribution in [2.24, 2.45) is 40.4 Å². The molecule has 4 saturated carbocycles. The molecule has 1 aromatic carbocycles. The average molecular weight is 390 g/mol. The molecule has 0 amide bonds. The third-order valence-electron chi connectivity index (χ3n) is 10.8. The maximum absolute atomic E-state index is 2.72. The van der Waals surface area contributed by atoms with Gasteiger partial charge in [0.25, 0.3) is 0 Å². The number of rotatable bonds is 1. The molecule has 0 aliphatic heterocycles. The van der Waals surface area contributed by atoms with Crippen LogP contribution >= 0.6 is 0 Å². The highest BCUT2D eigenvalue weighted by Gasteiger charge is 2.60. The van der Waals surface area contributed by atoms with Crippen molar-refractivity contribution < 1.29 is 0 Å². The van der Waals surface area contributed by atoms with Crippen LogP contribution in [0.4, 0.5) is 0 Å². The van der Waals surface area contributed by atoms with Crippen LogP contribution in [0.15, 0.2) is 36.5 Å². The van der Waals surface area contributed by atoms with E-state index in [0.29, 0.717) is 16.9 Å². The molecule has 29 heavy (non-hydrogen) atoms. The zero-order valence-corrected chi connectivity index (χ0v) is 18.7. The molecule has 156 valence electrons. The molecule has 1 heterocycles. The Morgan fingerprint density at radius 2 is 1.62 bits per heavy atom. The van der Waals surface area contributed by atoms with E-state index in [2.05, 4.69) is 61.9 Å². The fourth-order valence-electron chi connectivity index (χ4n) is 9.28. The maximum atomic E-state index is 2.72. The molecule has 1 nitrogen and oxygen atoms in total. The molecule has 4 aliphatic carbocycles.